The van der Waals surface area contributed by atoms with Gasteiger partial charge in [-0.2, -0.15) is 0 Å². The zero-order chi connectivity index (χ0) is 9.10. The molecule has 3 heteroatoms. The third-order valence-electron chi connectivity index (χ3n) is 4.33. The van der Waals surface area contributed by atoms with Crippen LogP contribution in [0.5, 0.6) is 0 Å². The van der Waals surface area contributed by atoms with Gasteiger partial charge in [-0.25, -0.2) is 4.39 Å². The average Bonchev–Trinajstić information content (AvgIpc) is 2.99. The van der Waals surface area contributed by atoms with Crippen LogP contribution in [0.25, 0.3) is 0 Å². The molecule has 0 saturated heterocycles. The SMILES string of the molecule is OC(CF)CNC1C2(CC2)C12CC2. The Bertz CT molecular complexity index is 217. The minimum atomic E-state index is -0.799. The van der Waals surface area contributed by atoms with Crippen molar-refractivity contribution in [3.63, 3.8) is 0 Å². The summed E-state index contributed by atoms with van der Waals surface area (Å²) in [7, 11) is 0. The van der Waals surface area contributed by atoms with Crippen molar-refractivity contribution in [3.8, 4) is 0 Å². The fourth-order valence-corrected chi connectivity index (χ4v) is 3.28. The first kappa shape index (κ1) is 8.18. The summed E-state index contributed by atoms with van der Waals surface area (Å²) in [5.74, 6) is 0. The summed E-state index contributed by atoms with van der Waals surface area (Å²) >= 11 is 0. The van der Waals surface area contributed by atoms with Crippen molar-refractivity contribution in [1.29, 1.82) is 0 Å². The number of halogens is 1. The number of aliphatic hydroxyl groups excluding tert-OH is 1. The van der Waals surface area contributed by atoms with E-state index in [0.29, 0.717) is 23.4 Å². The molecule has 2 spiro atoms. The third kappa shape index (κ3) is 0.895. The number of fused-ring (bicyclic) bond motifs is 1. The van der Waals surface area contributed by atoms with Gasteiger partial charge in [-0.05, 0) is 36.5 Å². The minimum absolute atomic E-state index is 0.435. The molecule has 2 nitrogen and oxygen atoms in total. The standard InChI is InChI=1S/C10H16FNO/c11-5-7(13)6-12-8-9(1-2-9)10(8)3-4-10/h7-8,12-13H,1-6H2. The molecular weight excluding hydrogens is 169 g/mol. The quantitative estimate of drug-likeness (QED) is 0.680. The molecule has 0 aromatic rings. The summed E-state index contributed by atoms with van der Waals surface area (Å²) in [5.41, 5.74) is 1.23. The van der Waals surface area contributed by atoms with Crippen LogP contribution in [0, 0.1) is 10.8 Å². The van der Waals surface area contributed by atoms with Gasteiger partial charge in [0.1, 0.15) is 6.67 Å². The van der Waals surface area contributed by atoms with E-state index in [0.717, 1.165) is 0 Å². The van der Waals surface area contributed by atoms with Crippen molar-refractivity contribution >= 4 is 0 Å². The van der Waals surface area contributed by atoms with Crippen molar-refractivity contribution in [1.82, 2.24) is 5.32 Å². The van der Waals surface area contributed by atoms with Gasteiger partial charge in [0.2, 0.25) is 0 Å². The molecule has 2 N–H and O–H groups in total. The van der Waals surface area contributed by atoms with Gasteiger partial charge in [0.25, 0.3) is 0 Å². The highest BCUT2D eigenvalue weighted by Gasteiger charge is 2.86. The van der Waals surface area contributed by atoms with Crippen LogP contribution in [0.4, 0.5) is 4.39 Å². The first-order chi connectivity index (χ1) is 6.25. The van der Waals surface area contributed by atoms with Crippen molar-refractivity contribution in [3.05, 3.63) is 0 Å². The Morgan fingerprint density at radius 1 is 1.31 bits per heavy atom. The molecule has 0 radical (unpaired) electrons. The average molecular weight is 185 g/mol. The Morgan fingerprint density at radius 2 is 1.85 bits per heavy atom. The molecule has 1 atom stereocenters. The normalized spacial score (nSPS) is 37.8. The lowest BCUT2D eigenvalue weighted by molar-refractivity contribution is 0.136. The largest absolute Gasteiger partial charge is 0.389 e. The Labute approximate surface area is 77.5 Å². The van der Waals surface area contributed by atoms with E-state index in [-0.39, 0.29) is 0 Å². The van der Waals surface area contributed by atoms with Crippen LogP contribution < -0.4 is 5.32 Å². The topological polar surface area (TPSA) is 32.3 Å². The molecule has 0 aliphatic heterocycles. The van der Waals surface area contributed by atoms with Crippen LogP contribution >= 0.6 is 0 Å². The molecule has 0 aromatic heterocycles. The van der Waals surface area contributed by atoms with Crippen LogP contribution in [-0.4, -0.2) is 30.5 Å². The Kier molecular flexibility index (Phi) is 1.42. The van der Waals surface area contributed by atoms with Gasteiger partial charge in [0.05, 0.1) is 6.10 Å². The molecule has 13 heavy (non-hydrogen) atoms. The van der Waals surface area contributed by atoms with E-state index in [1.807, 2.05) is 0 Å². The van der Waals surface area contributed by atoms with E-state index in [1.165, 1.54) is 25.7 Å². The smallest absolute Gasteiger partial charge is 0.117 e. The van der Waals surface area contributed by atoms with Crippen molar-refractivity contribution in [2.45, 2.75) is 37.8 Å². The highest BCUT2D eigenvalue weighted by molar-refractivity contribution is 5.38. The summed E-state index contributed by atoms with van der Waals surface area (Å²) in [5, 5.41) is 12.4. The second-order valence-electron chi connectivity index (χ2n) is 4.96. The molecule has 3 rings (SSSR count). The minimum Gasteiger partial charge on any atom is -0.389 e. The van der Waals surface area contributed by atoms with Gasteiger partial charge in [0, 0.05) is 12.6 Å². The number of rotatable bonds is 4. The van der Waals surface area contributed by atoms with E-state index in [9.17, 15) is 4.39 Å². The molecule has 0 aromatic carbocycles. The summed E-state index contributed by atoms with van der Waals surface area (Å²) < 4.78 is 12.0. The van der Waals surface area contributed by atoms with Gasteiger partial charge in [-0.3, -0.25) is 0 Å². The van der Waals surface area contributed by atoms with E-state index in [4.69, 9.17) is 5.11 Å². The first-order valence-electron chi connectivity index (χ1n) is 5.23. The first-order valence-corrected chi connectivity index (χ1v) is 5.23. The summed E-state index contributed by atoms with van der Waals surface area (Å²) in [4.78, 5) is 0. The zero-order valence-corrected chi connectivity index (χ0v) is 7.72. The predicted molar refractivity (Wildman–Crippen MR) is 47.1 cm³/mol. The number of aliphatic hydroxyl groups is 1. The maximum absolute atomic E-state index is 12.0. The lowest BCUT2D eigenvalue weighted by Crippen LogP contribution is -2.31. The second kappa shape index (κ2) is 2.26. The van der Waals surface area contributed by atoms with Crippen molar-refractivity contribution in [2.24, 2.45) is 10.8 Å². The van der Waals surface area contributed by atoms with Gasteiger partial charge in [-0.1, -0.05) is 0 Å². The molecule has 0 bridgehead atoms. The second-order valence-corrected chi connectivity index (χ2v) is 4.96. The fourth-order valence-electron chi connectivity index (χ4n) is 3.28. The van der Waals surface area contributed by atoms with Crippen molar-refractivity contribution < 1.29 is 9.50 Å². The Hall–Kier alpha value is -0.150. The Morgan fingerprint density at radius 3 is 2.23 bits per heavy atom. The molecular formula is C10H16FNO. The van der Waals surface area contributed by atoms with E-state index in [1.54, 1.807) is 0 Å². The molecule has 1 unspecified atom stereocenters. The highest BCUT2D eigenvalue weighted by Crippen LogP contribution is 2.88. The number of alkyl halides is 1. The molecule has 0 heterocycles. The lowest BCUT2D eigenvalue weighted by atomic mass is 10.3. The maximum atomic E-state index is 12.0. The fraction of sp³-hybridized carbons (Fsp3) is 1.00. The summed E-state index contributed by atoms with van der Waals surface area (Å²) in [6, 6.07) is 0.612. The van der Waals surface area contributed by atoms with Gasteiger partial charge in [0.15, 0.2) is 0 Å². The molecule has 0 amide bonds. The van der Waals surface area contributed by atoms with E-state index >= 15 is 0 Å². The molecule has 3 fully saturated rings. The molecule has 74 valence electrons. The number of hydrogen-bond donors (Lipinski definition) is 2. The zero-order valence-electron chi connectivity index (χ0n) is 7.72. The van der Waals surface area contributed by atoms with Crippen LogP contribution in [0.2, 0.25) is 0 Å². The number of hydrogen-bond acceptors (Lipinski definition) is 2. The van der Waals surface area contributed by atoms with Gasteiger partial charge < -0.3 is 10.4 Å². The number of nitrogens with one attached hydrogen (secondary N) is 1. The van der Waals surface area contributed by atoms with Crippen LogP contribution in [0.1, 0.15) is 25.7 Å². The third-order valence-corrected chi connectivity index (χ3v) is 4.33. The van der Waals surface area contributed by atoms with Crippen LogP contribution in [0.15, 0.2) is 0 Å². The van der Waals surface area contributed by atoms with Crippen LogP contribution in [-0.2, 0) is 0 Å². The summed E-state index contributed by atoms with van der Waals surface area (Å²) in [6.45, 7) is -0.190. The van der Waals surface area contributed by atoms with Crippen LogP contribution in [0.3, 0.4) is 0 Å². The lowest BCUT2D eigenvalue weighted by Gasteiger charge is -2.07. The van der Waals surface area contributed by atoms with Gasteiger partial charge >= 0.3 is 0 Å². The van der Waals surface area contributed by atoms with E-state index < -0.39 is 12.8 Å². The summed E-state index contributed by atoms with van der Waals surface area (Å²) in [6.07, 6.45) is 4.63. The molecule has 3 saturated carbocycles. The highest BCUT2D eigenvalue weighted by atomic mass is 19.1. The monoisotopic (exact) mass is 185 g/mol. The molecule has 3 aliphatic carbocycles. The predicted octanol–water partition coefficient (Wildman–Crippen LogP) is 0.849. The van der Waals surface area contributed by atoms with Gasteiger partial charge in [-0.15, -0.1) is 0 Å². The van der Waals surface area contributed by atoms with E-state index in [2.05, 4.69) is 5.32 Å². The molecule has 3 aliphatic rings. The van der Waals surface area contributed by atoms with Crippen molar-refractivity contribution in [2.75, 3.05) is 13.2 Å². The Balaban J connectivity index is 1.53. The maximum Gasteiger partial charge on any atom is 0.117 e.